The first kappa shape index (κ1) is 33.4. The number of unbranched alkanes of at least 4 members (excludes halogenated alkanes) is 16. The van der Waals surface area contributed by atoms with Crippen molar-refractivity contribution in [1.82, 2.24) is 9.80 Å². The van der Waals surface area contributed by atoms with Crippen LogP contribution in [0, 0.1) is 0 Å². The Kier molecular flexibility index (Phi) is 28.1. The quantitative estimate of drug-likeness (QED) is 0.0859. The summed E-state index contributed by atoms with van der Waals surface area (Å²) >= 11 is 0. The lowest BCUT2D eigenvalue weighted by Crippen LogP contribution is -2.33. The normalized spacial score (nSPS) is 12.3. The fourth-order valence-corrected chi connectivity index (χ4v) is 4.47. The lowest BCUT2D eigenvalue weighted by molar-refractivity contribution is 0.231. The van der Waals surface area contributed by atoms with Gasteiger partial charge in [-0.05, 0) is 72.1 Å². The minimum absolute atomic E-state index is 1.12. The molecule has 0 aromatic heterocycles. The number of hydrogen-bond acceptors (Lipinski definition) is 2. The molecule has 2 heteroatoms. The molecule has 0 saturated carbocycles. The molecule has 0 unspecified atom stereocenters. The van der Waals surface area contributed by atoms with E-state index in [9.17, 15) is 0 Å². The van der Waals surface area contributed by atoms with Crippen LogP contribution in [0.4, 0.5) is 0 Å². The van der Waals surface area contributed by atoms with Crippen LogP contribution in [0.2, 0.25) is 0 Å². The molecule has 0 N–H and O–H groups in total. The highest BCUT2D eigenvalue weighted by Crippen LogP contribution is 2.11. The highest BCUT2D eigenvalue weighted by molar-refractivity contribution is 4.92. The van der Waals surface area contributed by atoms with Gasteiger partial charge in [-0.15, -0.1) is 0 Å². The van der Waals surface area contributed by atoms with Crippen molar-refractivity contribution in [2.24, 2.45) is 0 Å². The number of nitrogens with zero attached hydrogens (tertiary/aromatic N) is 2. The first-order chi connectivity index (χ1) is 16.7. The Morgan fingerprint density at radius 3 is 1.32 bits per heavy atom. The monoisotopic (exact) mass is 477 g/mol. The zero-order valence-electron chi connectivity index (χ0n) is 24.2. The molecule has 0 radical (unpaired) electrons. The van der Waals surface area contributed by atoms with Crippen molar-refractivity contribution in [3.63, 3.8) is 0 Å². The van der Waals surface area contributed by atoms with Crippen LogP contribution >= 0.6 is 0 Å². The average Bonchev–Trinajstić information content (AvgIpc) is 2.83. The Hall–Kier alpha value is -0.600. The first-order valence-electron chi connectivity index (χ1n) is 15.4. The van der Waals surface area contributed by atoms with E-state index in [2.05, 4.69) is 62.0 Å². The van der Waals surface area contributed by atoms with Gasteiger partial charge in [0.25, 0.3) is 0 Å². The Bertz CT molecular complexity index is 427. The van der Waals surface area contributed by atoms with E-state index in [-0.39, 0.29) is 0 Å². The van der Waals surface area contributed by atoms with Crippen LogP contribution in [0.1, 0.15) is 142 Å². The van der Waals surface area contributed by atoms with Crippen LogP contribution in [-0.2, 0) is 0 Å². The Labute approximate surface area is 216 Å². The summed E-state index contributed by atoms with van der Waals surface area (Å²) in [5, 5.41) is 0. The van der Waals surface area contributed by atoms with Gasteiger partial charge in [0.1, 0.15) is 0 Å². The van der Waals surface area contributed by atoms with Crippen molar-refractivity contribution >= 4 is 0 Å². The zero-order valence-corrected chi connectivity index (χ0v) is 24.2. The molecule has 0 heterocycles. The molecule has 0 amide bonds. The van der Waals surface area contributed by atoms with Gasteiger partial charge in [0.05, 0.1) is 0 Å². The average molecular weight is 477 g/mol. The number of allylic oxidation sites excluding steroid dienone is 4. The fourth-order valence-electron chi connectivity index (χ4n) is 4.47. The van der Waals surface area contributed by atoms with Gasteiger partial charge >= 0.3 is 0 Å². The summed E-state index contributed by atoms with van der Waals surface area (Å²) in [7, 11) is 4.41. The van der Waals surface area contributed by atoms with Gasteiger partial charge in [-0.3, -0.25) is 0 Å². The molecule has 0 aliphatic carbocycles. The summed E-state index contributed by atoms with van der Waals surface area (Å²) in [4.78, 5) is 5.07. The second-order valence-corrected chi connectivity index (χ2v) is 10.7. The summed E-state index contributed by atoms with van der Waals surface area (Å²) in [5.74, 6) is 0. The molecular formula is C32H64N2. The highest BCUT2D eigenvalue weighted by atomic mass is 15.2. The SMILES string of the molecule is CCCCCC=CCC=CCCCCCCCCN(CCCCCCCCCC)CCN(C)C. The second kappa shape index (κ2) is 28.6. The van der Waals surface area contributed by atoms with Crippen LogP contribution in [-0.4, -0.2) is 50.1 Å². The molecular weight excluding hydrogens is 412 g/mol. The first-order valence-corrected chi connectivity index (χ1v) is 15.4. The van der Waals surface area contributed by atoms with Gasteiger partial charge in [-0.2, -0.15) is 0 Å². The third-order valence-electron chi connectivity index (χ3n) is 6.87. The Morgan fingerprint density at radius 1 is 0.412 bits per heavy atom. The molecule has 202 valence electrons. The van der Waals surface area contributed by atoms with Crippen molar-refractivity contribution in [2.45, 2.75) is 142 Å². The van der Waals surface area contributed by atoms with Crippen LogP contribution in [0.15, 0.2) is 24.3 Å². The summed E-state index contributed by atoms with van der Waals surface area (Å²) in [6.45, 7) is 9.62. The van der Waals surface area contributed by atoms with Crippen molar-refractivity contribution in [3.8, 4) is 0 Å². The van der Waals surface area contributed by atoms with E-state index in [0.717, 1.165) is 6.42 Å². The summed E-state index contributed by atoms with van der Waals surface area (Å²) in [6, 6.07) is 0. The maximum absolute atomic E-state index is 2.74. The second-order valence-electron chi connectivity index (χ2n) is 10.7. The minimum Gasteiger partial charge on any atom is -0.308 e. The van der Waals surface area contributed by atoms with E-state index >= 15 is 0 Å². The predicted molar refractivity (Wildman–Crippen MR) is 157 cm³/mol. The van der Waals surface area contributed by atoms with Crippen molar-refractivity contribution < 1.29 is 0 Å². The van der Waals surface area contributed by atoms with Gasteiger partial charge in [-0.1, -0.05) is 122 Å². The van der Waals surface area contributed by atoms with E-state index in [1.54, 1.807) is 0 Å². The molecule has 0 bridgehead atoms. The zero-order chi connectivity index (χ0) is 25.0. The topological polar surface area (TPSA) is 6.48 Å². The van der Waals surface area contributed by atoms with Gasteiger partial charge in [0.2, 0.25) is 0 Å². The molecule has 0 atom stereocenters. The molecule has 0 fully saturated rings. The Balaban J connectivity index is 3.65. The van der Waals surface area contributed by atoms with Gasteiger partial charge in [0.15, 0.2) is 0 Å². The summed E-state index contributed by atoms with van der Waals surface area (Å²) in [6.07, 6.45) is 36.9. The van der Waals surface area contributed by atoms with Gasteiger partial charge in [-0.25, -0.2) is 0 Å². The number of likely N-dealkylation sites (N-methyl/N-ethyl adjacent to an activating group) is 1. The number of hydrogen-bond donors (Lipinski definition) is 0. The van der Waals surface area contributed by atoms with Crippen LogP contribution in [0.25, 0.3) is 0 Å². The van der Waals surface area contributed by atoms with Crippen molar-refractivity contribution in [3.05, 3.63) is 24.3 Å². The van der Waals surface area contributed by atoms with Crippen LogP contribution in [0.3, 0.4) is 0 Å². The summed E-state index contributed by atoms with van der Waals surface area (Å²) < 4.78 is 0. The number of rotatable bonds is 27. The molecule has 0 aliphatic rings. The van der Waals surface area contributed by atoms with Crippen LogP contribution in [0.5, 0.6) is 0 Å². The van der Waals surface area contributed by atoms with Crippen molar-refractivity contribution in [1.29, 1.82) is 0 Å². The minimum atomic E-state index is 1.12. The lowest BCUT2D eigenvalue weighted by Gasteiger charge is -2.24. The fraction of sp³-hybridized carbons (Fsp3) is 0.875. The van der Waals surface area contributed by atoms with E-state index in [1.165, 1.54) is 148 Å². The summed E-state index contributed by atoms with van der Waals surface area (Å²) in [5.41, 5.74) is 0. The smallest absolute Gasteiger partial charge is 0.0109 e. The Morgan fingerprint density at radius 2 is 0.824 bits per heavy atom. The van der Waals surface area contributed by atoms with Gasteiger partial charge < -0.3 is 9.80 Å². The lowest BCUT2D eigenvalue weighted by atomic mass is 10.1. The van der Waals surface area contributed by atoms with E-state index < -0.39 is 0 Å². The molecule has 34 heavy (non-hydrogen) atoms. The standard InChI is InChI=1S/C32H64N2/c1-5-7-9-11-13-15-16-17-18-19-20-21-22-24-26-28-30-34(32-31-33(3)4)29-27-25-23-14-12-10-8-6-2/h13,15,17-18H,5-12,14,16,19-32H2,1-4H3. The molecule has 0 aromatic rings. The molecule has 0 rings (SSSR count). The van der Waals surface area contributed by atoms with Crippen molar-refractivity contribution in [2.75, 3.05) is 40.3 Å². The maximum atomic E-state index is 2.74. The van der Waals surface area contributed by atoms with E-state index in [1.807, 2.05) is 0 Å². The highest BCUT2D eigenvalue weighted by Gasteiger charge is 2.05. The molecule has 0 spiro atoms. The third-order valence-corrected chi connectivity index (χ3v) is 6.87. The molecule has 0 aromatic carbocycles. The predicted octanol–water partition coefficient (Wildman–Crippen LogP) is 9.80. The van der Waals surface area contributed by atoms with E-state index in [0.29, 0.717) is 0 Å². The molecule has 0 aliphatic heterocycles. The molecule has 2 nitrogen and oxygen atoms in total. The third kappa shape index (κ3) is 27.6. The van der Waals surface area contributed by atoms with Gasteiger partial charge in [0, 0.05) is 13.1 Å². The van der Waals surface area contributed by atoms with E-state index in [4.69, 9.17) is 0 Å². The maximum Gasteiger partial charge on any atom is 0.0109 e. The molecule has 0 saturated heterocycles. The van der Waals surface area contributed by atoms with Crippen LogP contribution < -0.4 is 0 Å². The largest absolute Gasteiger partial charge is 0.308 e.